The van der Waals surface area contributed by atoms with Crippen molar-refractivity contribution >= 4 is 39.1 Å². The van der Waals surface area contributed by atoms with Crippen LogP contribution >= 0.6 is 11.6 Å². The molecule has 4 rings (SSSR count). The van der Waals surface area contributed by atoms with Crippen LogP contribution in [-0.2, 0) is 32.6 Å². The molecule has 44 heavy (non-hydrogen) atoms. The van der Waals surface area contributed by atoms with Gasteiger partial charge in [0.1, 0.15) is 18.3 Å². The lowest BCUT2D eigenvalue weighted by Crippen LogP contribution is -2.53. The molecule has 0 aliphatic heterocycles. The first kappa shape index (κ1) is 32.6. The van der Waals surface area contributed by atoms with E-state index in [9.17, 15) is 18.0 Å². The fourth-order valence-electron chi connectivity index (χ4n) is 4.83. The van der Waals surface area contributed by atoms with Gasteiger partial charge in [-0.15, -0.1) is 0 Å². The predicted molar refractivity (Wildman–Crippen MR) is 173 cm³/mol. The number of nitrogens with one attached hydrogen (secondary N) is 1. The summed E-state index contributed by atoms with van der Waals surface area (Å²) < 4.78 is 34.8. The summed E-state index contributed by atoms with van der Waals surface area (Å²) in [7, 11) is -2.71. The number of amides is 2. The van der Waals surface area contributed by atoms with Gasteiger partial charge in [-0.3, -0.25) is 13.9 Å². The monoisotopic (exact) mass is 633 g/mol. The highest BCUT2D eigenvalue weighted by Crippen LogP contribution is 2.28. The van der Waals surface area contributed by atoms with E-state index in [0.29, 0.717) is 17.4 Å². The summed E-state index contributed by atoms with van der Waals surface area (Å²) in [6, 6.07) is 28.4. The molecule has 0 spiro atoms. The number of ether oxygens (including phenoxy) is 1. The predicted octanol–water partition coefficient (Wildman–Crippen LogP) is 5.63. The van der Waals surface area contributed by atoms with Gasteiger partial charge in [0.15, 0.2) is 0 Å². The number of aryl methyl sites for hydroxylation is 1. The maximum Gasteiger partial charge on any atom is 0.264 e. The Hall–Kier alpha value is -4.34. The molecule has 0 unspecified atom stereocenters. The molecule has 0 saturated heterocycles. The molecule has 0 aromatic heterocycles. The van der Waals surface area contributed by atoms with Crippen LogP contribution in [-0.4, -0.2) is 51.4 Å². The number of likely N-dealkylation sites (N-methyl/N-ethyl adjacent to an activating group) is 1. The van der Waals surface area contributed by atoms with Crippen LogP contribution in [0.1, 0.15) is 23.6 Å². The Balaban J connectivity index is 1.79. The Kier molecular flexibility index (Phi) is 11.0. The maximum atomic E-state index is 14.4. The van der Waals surface area contributed by atoms with Gasteiger partial charge in [-0.2, -0.15) is 0 Å². The van der Waals surface area contributed by atoms with E-state index in [4.69, 9.17) is 16.3 Å². The molecule has 2 amide bonds. The van der Waals surface area contributed by atoms with E-state index in [1.54, 1.807) is 24.3 Å². The topological polar surface area (TPSA) is 96.0 Å². The average molecular weight is 634 g/mol. The van der Waals surface area contributed by atoms with Gasteiger partial charge in [0, 0.05) is 25.0 Å². The first-order chi connectivity index (χ1) is 21.1. The summed E-state index contributed by atoms with van der Waals surface area (Å²) in [6.45, 7) is 3.79. The Labute approximate surface area is 264 Å². The average Bonchev–Trinajstić information content (AvgIpc) is 3.03. The van der Waals surface area contributed by atoms with Gasteiger partial charge in [0.2, 0.25) is 11.8 Å². The summed E-state index contributed by atoms with van der Waals surface area (Å²) in [5.74, 6) is -0.330. The number of hydrogen-bond donors (Lipinski definition) is 1. The summed E-state index contributed by atoms with van der Waals surface area (Å²) in [5.41, 5.74) is 2.92. The third kappa shape index (κ3) is 7.98. The van der Waals surface area contributed by atoms with Gasteiger partial charge in [-0.1, -0.05) is 66.2 Å². The number of halogens is 1. The van der Waals surface area contributed by atoms with Crippen molar-refractivity contribution in [2.45, 2.75) is 37.8 Å². The third-order valence-corrected chi connectivity index (χ3v) is 9.28. The van der Waals surface area contributed by atoms with Crippen LogP contribution < -0.4 is 14.4 Å². The number of carbonyl (C=O) groups is 2. The fraction of sp³-hybridized carbons (Fsp3) is 0.235. The van der Waals surface area contributed by atoms with Crippen LogP contribution in [0.25, 0.3) is 0 Å². The van der Waals surface area contributed by atoms with Crippen LogP contribution in [0.5, 0.6) is 5.75 Å². The van der Waals surface area contributed by atoms with Gasteiger partial charge >= 0.3 is 0 Å². The minimum Gasteiger partial charge on any atom is -0.494 e. The molecule has 0 aliphatic carbocycles. The van der Waals surface area contributed by atoms with Crippen molar-refractivity contribution in [1.82, 2.24) is 10.2 Å². The maximum absolute atomic E-state index is 14.4. The van der Waals surface area contributed by atoms with E-state index < -0.39 is 28.5 Å². The van der Waals surface area contributed by atoms with Crippen molar-refractivity contribution < 1.29 is 22.7 Å². The summed E-state index contributed by atoms with van der Waals surface area (Å²) in [5, 5.41) is 3.08. The lowest BCUT2D eigenvalue weighted by atomic mass is 10.0. The van der Waals surface area contributed by atoms with E-state index in [0.717, 1.165) is 21.0 Å². The molecule has 10 heteroatoms. The van der Waals surface area contributed by atoms with E-state index in [1.165, 1.54) is 36.2 Å². The lowest BCUT2D eigenvalue weighted by molar-refractivity contribution is -0.139. The number of carbonyl (C=O) groups excluding carboxylic acids is 2. The van der Waals surface area contributed by atoms with Crippen molar-refractivity contribution in [3.8, 4) is 5.75 Å². The molecule has 0 radical (unpaired) electrons. The Morgan fingerprint density at radius 2 is 1.52 bits per heavy atom. The summed E-state index contributed by atoms with van der Waals surface area (Å²) >= 11 is 6.04. The quantitative estimate of drug-likeness (QED) is 0.206. The largest absolute Gasteiger partial charge is 0.494 e. The van der Waals surface area contributed by atoms with Crippen molar-refractivity contribution in [2.24, 2.45) is 0 Å². The molecular weight excluding hydrogens is 598 g/mol. The number of anilines is 1. The fourth-order valence-corrected chi connectivity index (χ4v) is 6.37. The van der Waals surface area contributed by atoms with E-state index >= 15 is 0 Å². The minimum absolute atomic E-state index is 0.0267. The number of nitrogens with zero attached hydrogens (tertiary/aromatic N) is 2. The van der Waals surface area contributed by atoms with E-state index in [-0.39, 0.29) is 29.5 Å². The third-order valence-electron chi connectivity index (χ3n) is 7.24. The number of hydrogen-bond acceptors (Lipinski definition) is 5. The van der Waals surface area contributed by atoms with Crippen molar-refractivity contribution in [3.05, 3.63) is 125 Å². The molecule has 1 N–H and O–H groups in total. The molecular formula is C34H36ClN3O5S. The van der Waals surface area contributed by atoms with E-state index in [1.807, 2.05) is 68.4 Å². The number of benzene rings is 4. The Morgan fingerprint density at radius 1 is 0.886 bits per heavy atom. The highest BCUT2D eigenvalue weighted by molar-refractivity contribution is 7.92. The smallest absolute Gasteiger partial charge is 0.264 e. The zero-order valence-electron chi connectivity index (χ0n) is 24.9. The van der Waals surface area contributed by atoms with Gasteiger partial charge < -0.3 is 15.0 Å². The van der Waals surface area contributed by atoms with Crippen molar-refractivity contribution in [3.63, 3.8) is 0 Å². The second-order valence-electron chi connectivity index (χ2n) is 10.2. The molecule has 0 fully saturated rings. The molecule has 8 nitrogen and oxygen atoms in total. The second-order valence-corrected chi connectivity index (χ2v) is 12.5. The summed E-state index contributed by atoms with van der Waals surface area (Å²) in [6.07, 6.45) is 0.241. The van der Waals surface area contributed by atoms with Crippen LogP contribution in [0.4, 0.5) is 5.69 Å². The molecule has 0 aliphatic rings. The highest BCUT2D eigenvalue weighted by atomic mass is 35.5. The Bertz CT molecular complexity index is 1660. The van der Waals surface area contributed by atoms with Crippen LogP contribution in [0.3, 0.4) is 0 Å². The van der Waals surface area contributed by atoms with Gasteiger partial charge in [0.25, 0.3) is 10.0 Å². The molecule has 0 bridgehead atoms. The van der Waals surface area contributed by atoms with Gasteiger partial charge in [-0.05, 0) is 79.1 Å². The molecule has 1 atom stereocenters. The zero-order valence-corrected chi connectivity index (χ0v) is 26.5. The first-order valence-electron chi connectivity index (χ1n) is 14.2. The molecule has 0 saturated carbocycles. The SMILES string of the molecule is CCOc1ccc(N(CC(=O)N(Cc2ccccc2C)[C@@H](Cc2ccccc2)C(=O)NC)S(=O)(=O)c2ccc(Cl)cc2)cc1. The molecule has 4 aromatic rings. The first-order valence-corrected chi connectivity index (χ1v) is 16.1. The van der Waals surface area contributed by atoms with Crippen molar-refractivity contribution in [2.75, 3.05) is 24.5 Å². The standard InChI is InChI=1S/C34H36ClN3O5S/c1-4-43-30-18-16-29(17-19-30)38(44(41,42)31-20-14-28(35)15-21-31)24-33(39)37(23-27-13-9-8-10-25(27)2)32(34(40)36-3)22-26-11-6-5-7-12-26/h5-21,32H,4,22-24H2,1-3H3,(H,36,40)/t32-/m0/s1. The Morgan fingerprint density at radius 3 is 2.14 bits per heavy atom. The normalized spacial score (nSPS) is 11.8. The van der Waals surface area contributed by atoms with E-state index in [2.05, 4.69) is 5.32 Å². The van der Waals surface area contributed by atoms with Crippen LogP contribution in [0.2, 0.25) is 5.02 Å². The molecule has 0 heterocycles. The molecule has 230 valence electrons. The molecule has 4 aromatic carbocycles. The second kappa shape index (κ2) is 14.9. The van der Waals surface area contributed by atoms with Crippen LogP contribution in [0.15, 0.2) is 108 Å². The summed E-state index contributed by atoms with van der Waals surface area (Å²) in [4.78, 5) is 29.2. The van der Waals surface area contributed by atoms with Crippen molar-refractivity contribution in [1.29, 1.82) is 0 Å². The van der Waals surface area contributed by atoms with Crippen LogP contribution in [0, 0.1) is 6.92 Å². The van der Waals surface area contributed by atoms with Gasteiger partial charge in [0.05, 0.1) is 17.2 Å². The lowest BCUT2D eigenvalue weighted by Gasteiger charge is -2.34. The van der Waals surface area contributed by atoms with Gasteiger partial charge in [-0.25, -0.2) is 8.42 Å². The number of sulfonamides is 1. The highest BCUT2D eigenvalue weighted by Gasteiger charge is 2.34. The minimum atomic E-state index is -4.23. The zero-order chi connectivity index (χ0) is 31.7. The number of rotatable bonds is 13.